The van der Waals surface area contributed by atoms with Crippen molar-refractivity contribution in [1.82, 2.24) is 14.8 Å². The molecule has 132 valence electrons. The number of methoxy groups -OCH3 is 1. The molecule has 2 saturated heterocycles. The molecule has 5 heteroatoms. The van der Waals surface area contributed by atoms with E-state index in [1.807, 2.05) is 30.9 Å². The first-order valence-electron chi connectivity index (χ1n) is 8.86. The summed E-state index contributed by atoms with van der Waals surface area (Å²) in [6.07, 6.45) is 3.37. The number of amides is 1. The Morgan fingerprint density at radius 2 is 1.92 bits per heavy atom. The Bertz CT molecular complexity index is 588. The molecule has 24 heavy (non-hydrogen) atoms. The highest BCUT2D eigenvalue weighted by atomic mass is 16.5. The Kier molecular flexibility index (Phi) is 4.92. The summed E-state index contributed by atoms with van der Waals surface area (Å²) in [6, 6.07) is 4.32. The Labute approximate surface area is 145 Å². The second-order valence-corrected chi connectivity index (χ2v) is 7.66. The Hall–Kier alpha value is -1.46. The standard InChI is InChI=1S/C19H29N3O2/c1-14-9-16(10-15(2)20-14)18(23)22-7-5-19(6-8-22)11-17(12-24-4)21(3)13-19/h9-10,17H,5-8,11-13H2,1-4H3/t17-/m0/s1. The van der Waals surface area contributed by atoms with Gasteiger partial charge in [0.05, 0.1) is 6.61 Å². The number of piperidine rings is 1. The van der Waals surface area contributed by atoms with Crippen molar-refractivity contribution in [3.05, 3.63) is 29.1 Å². The average Bonchev–Trinajstić information content (AvgIpc) is 2.82. The van der Waals surface area contributed by atoms with Crippen LogP contribution in [0, 0.1) is 19.3 Å². The van der Waals surface area contributed by atoms with Gasteiger partial charge in [-0.3, -0.25) is 9.78 Å². The third-order valence-electron chi connectivity index (χ3n) is 5.68. The fourth-order valence-corrected chi connectivity index (χ4v) is 4.44. The van der Waals surface area contributed by atoms with E-state index in [-0.39, 0.29) is 5.91 Å². The molecule has 0 saturated carbocycles. The summed E-state index contributed by atoms with van der Waals surface area (Å²) in [5.74, 6) is 0.151. The van der Waals surface area contributed by atoms with Gasteiger partial charge in [0.25, 0.3) is 5.91 Å². The highest BCUT2D eigenvalue weighted by molar-refractivity contribution is 5.94. The van der Waals surface area contributed by atoms with Gasteiger partial charge in [-0.15, -0.1) is 0 Å². The Morgan fingerprint density at radius 3 is 2.50 bits per heavy atom. The zero-order chi connectivity index (χ0) is 17.3. The van der Waals surface area contributed by atoms with Crippen LogP contribution in [0.4, 0.5) is 0 Å². The van der Waals surface area contributed by atoms with Gasteiger partial charge in [-0.1, -0.05) is 0 Å². The topological polar surface area (TPSA) is 45.7 Å². The zero-order valence-electron chi connectivity index (χ0n) is 15.3. The number of likely N-dealkylation sites (N-methyl/N-ethyl adjacent to an activating group) is 1. The van der Waals surface area contributed by atoms with E-state index in [9.17, 15) is 4.79 Å². The molecule has 1 spiro atoms. The summed E-state index contributed by atoms with van der Waals surface area (Å²) < 4.78 is 5.36. The van der Waals surface area contributed by atoms with Crippen LogP contribution in [0.15, 0.2) is 12.1 Å². The van der Waals surface area contributed by atoms with E-state index in [0.29, 0.717) is 11.5 Å². The van der Waals surface area contributed by atoms with E-state index < -0.39 is 0 Å². The van der Waals surface area contributed by atoms with Crippen molar-refractivity contribution in [2.45, 2.75) is 39.2 Å². The summed E-state index contributed by atoms with van der Waals surface area (Å²) in [5, 5.41) is 0. The minimum atomic E-state index is 0.151. The maximum absolute atomic E-state index is 12.8. The van der Waals surface area contributed by atoms with Crippen LogP contribution in [0.2, 0.25) is 0 Å². The van der Waals surface area contributed by atoms with Crippen molar-refractivity contribution < 1.29 is 9.53 Å². The van der Waals surface area contributed by atoms with E-state index in [2.05, 4.69) is 16.9 Å². The number of carbonyl (C=O) groups excluding carboxylic acids is 1. The number of carbonyl (C=O) groups is 1. The van der Waals surface area contributed by atoms with Gasteiger partial charge >= 0.3 is 0 Å². The molecule has 0 unspecified atom stereocenters. The number of hydrogen-bond donors (Lipinski definition) is 0. The summed E-state index contributed by atoms with van der Waals surface area (Å²) in [5.41, 5.74) is 2.95. The molecule has 2 aliphatic rings. The fraction of sp³-hybridized carbons (Fsp3) is 0.684. The third kappa shape index (κ3) is 3.47. The van der Waals surface area contributed by atoms with Crippen molar-refractivity contribution in [1.29, 1.82) is 0 Å². The van der Waals surface area contributed by atoms with Gasteiger partial charge in [0, 0.05) is 49.7 Å². The molecule has 0 radical (unpaired) electrons. The number of aromatic nitrogens is 1. The first-order valence-corrected chi connectivity index (χ1v) is 8.86. The number of hydrogen-bond acceptors (Lipinski definition) is 4. The average molecular weight is 331 g/mol. The summed E-state index contributed by atoms with van der Waals surface area (Å²) >= 11 is 0. The van der Waals surface area contributed by atoms with Crippen LogP contribution >= 0.6 is 0 Å². The van der Waals surface area contributed by atoms with Crippen molar-refractivity contribution in [2.24, 2.45) is 5.41 Å². The lowest BCUT2D eigenvalue weighted by Crippen LogP contribution is -2.44. The van der Waals surface area contributed by atoms with Crippen LogP contribution in [0.25, 0.3) is 0 Å². The van der Waals surface area contributed by atoms with Crippen LogP contribution in [-0.4, -0.2) is 67.1 Å². The first kappa shape index (κ1) is 17.4. The van der Waals surface area contributed by atoms with E-state index in [1.54, 1.807) is 7.11 Å². The van der Waals surface area contributed by atoms with Crippen molar-refractivity contribution in [2.75, 3.05) is 40.4 Å². The van der Waals surface area contributed by atoms with Crippen LogP contribution in [0.1, 0.15) is 41.0 Å². The van der Waals surface area contributed by atoms with Crippen LogP contribution < -0.4 is 0 Å². The fourth-order valence-electron chi connectivity index (χ4n) is 4.44. The predicted octanol–water partition coefficient (Wildman–Crippen LogP) is 2.27. The number of nitrogens with zero attached hydrogens (tertiary/aromatic N) is 3. The molecule has 0 aliphatic carbocycles. The van der Waals surface area contributed by atoms with Crippen molar-refractivity contribution in [3.63, 3.8) is 0 Å². The highest BCUT2D eigenvalue weighted by Gasteiger charge is 2.44. The molecule has 0 aromatic carbocycles. The van der Waals surface area contributed by atoms with E-state index >= 15 is 0 Å². The van der Waals surface area contributed by atoms with E-state index in [0.717, 1.165) is 56.0 Å². The Morgan fingerprint density at radius 1 is 1.29 bits per heavy atom. The lowest BCUT2D eigenvalue weighted by Gasteiger charge is -2.39. The normalized spacial score (nSPS) is 23.8. The highest BCUT2D eigenvalue weighted by Crippen LogP contribution is 2.43. The molecule has 3 rings (SSSR count). The molecule has 2 aliphatic heterocycles. The predicted molar refractivity (Wildman–Crippen MR) is 94.2 cm³/mol. The molecule has 3 heterocycles. The summed E-state index contributed by atoms with van der Waals surface area (Å²) in [6.45, 7) is 7.52. The lowest BCUT2D eigenvalue weighted by atomic mass is 9.76. The molecule has 1 amide bonds. The first-order chi connectivity index (χ1) is 11.4. The van der Waals surface area contributed by atoms with Crippen LogP contribution in [0.3, 0.4) is 0 Å². The molecule has 1 aromatic heterocycles. The lowest BCUT2D eigenvalue weighted by molar-refractivity contribution is 0.0591. The van der Waals surface area contributed by atoms with Gasteiger partial charge in [0.2, 0.25) is 0 Å². The molecule has 5 nitrogen and oxygen atoms in total. The molecular weight excluding hydrogens is 302 g/mol. The van der Waals surface area contributed by atoms with Gasteiger partial charge in [-0.2, -0.15) is 0 Å². The summed E-state index contributed by atoms with van der Waals surface area (Å²) in [4.78, 5) is 21.6. The SMILES string of the molecule is COC[C@@H]1CC2(CCN(C(=O)c3cc(C)nc(C)c3)CC2)CN1C. The second kappa shape index (κ2) is 6.81. The number of rotatable bonds is 3. The molecule has 2 fully saturated rings. The van der Waals surface area contributed by atoms with Gasteiger partial charge < -0.3 is 14.5 Å². The third-order valence-corrected chi connectivity index (χ3v) is 5.68. The van der Waals surface area contributed by atoms with E-state index in [1.165, 1.54) is 6.42 Å². The van der Waals surface area contributed by atoms with E-state index in [4.69, 9.17) is 4.74 Å². The summed E-state index contributed by atoms with van der Waals surface area (Å²) in [7, 11) is 3.97. The quantitative estimate of drug-likeness (QED) is 0.852. The minimum absolute atomic E-state index is 0.151. The van der Waals surface area contributed by atoms with Crippen molar-refractivity contribution >= 4 is 5.91 Å². The monoisotopic (exact) mass is 331 g/mol. The number of ether oxygens (including phenoxy) is 1. The van der Waals surface area contributed by atoms with Gasteiger partial charge in [-0.25, -0.2) is 0 Å². The molecule has 1 aromatic rings. The van der Waals surface area contributed by atoms with Crippen LogP contribution in [0.5, 0.6) is 0 Å². The molecular formula is C19H29N3O2. The van der Waals surface area contributed by atoms with Crippen molar-refractivity contribution in [3.8, 4) is 0 Å². The van der Waals surface area contributed by atoms with Gasteiger partial charge in [0.15, 0.2) is 0 Å². The number of aryl methyl sites for hydroxylation is 2. The minimum Gasteiger partial charge on any atom is -0.383 e. The number of likely N-dealkylation sites (tertiary alicyclic amines) is 2. The number of pyridine rings is 1. The zero-order valence-corrected chi connectivity index (χ0v) is 15.3. The van der Waals surface area contributed by atoms with Gasteiger partial charge in [-0.05, 0) is 57.7 Å². The smallest absolute Gasteiger partial charge is 0.253 e. The molecule has 1 atom stereocenters. The molecule has 0 N–H and O–H groups in total. The Balaban J connectivity index is 1.64. The van der Waals surface area contributed by atoms with Crippen LogP contribution in [-0.2, 0) is 4.74 Å². The second-order valence-electron chi connectivity index (χ2n) is 7.66. The molecule has 0 bridgehead atoms. The maximum Gasteiger partial charge on any atom is 0.253 e. The largest absolute Gasteiger partial charge is 0.383 e. The van der Waals surface area contributed by atoms with Gasteiger partial charge in [0.1, 0.15) is 0 Å². The maximum atomic E-state index is 12.8.